The Morgan fingerprint density at radius 3 is 2.26 bits per heavy atom. The van der Waals surface area contributed by atoms with E-state index >= 15 is 0 Å². The van der Waals surface area contributed by atoms with Crippen LogP contribution in [0.5, 0.6) is 11.5 Å². The minimum Gasteiger partial charge on any atom is -0.493 e. The lowest BCUT2D eigenvalue weighted by Gasteiger charge is -2.18. The predicted molar refractivity (Wildman–Crippen MR) is 87.5 cm³/mol. The first-order valence-corrected chi connectivity index (χ1v) is 7.41. The number of rotatable bonds is 5. The summed E-state index contributed by atoms with van der Waals surface area (Å²) in [6.07, 6.45) is 0. The highest BCUT2D eigenvalue weighted by Crippen LogP contribution is 2.31. The second kappa shape index (κ2) is 6.82. The van der Waals surface area contributed by atoms with Crippen molar-refractivity contribution >= 4 is 5.78 Å². The van der Waals surface area contributed by atoms with Crippen LogP contribution in [-0.4, -0.2) is 12.9 Å². The first-order valence-electron chi connectivity index (χ1n) is 7.41. The van der Waals surface area contributed by atoms with E-state index in [4.69, 9.17) is 9.47 Å². The molecule has 2 aromatic rings. The summed E-state index contributed by atoms with van der Waals surface area (Å²) in [4.78, 5) is 12.3. The van der Waals surface area contributed by atoms with Crippen molar-refractivity contribution in [2.24, 2.45) is 5.41 Å². The Balaban J connectivity index is 2.16. The largest absolute Gasteiger partial charge is 0.493 e. The third-order valence-corrected chi connectivity index (χ3v) is 3.41. The fourth-order valence-electron chi connectivity index (χ4n) is 2.10. The molecule has 0 bridgehead atoms. The second-order valence-corrected chi connectivity index (χ2v) is 6.36. The van der Waals surface area contributed by atoms with Crippen molar-refractivity contribution in [1.82, 2.24) is 0 Å². The Kier molecular flexibility index (Phi) is 5.04. The van der Waals surface area contributed by atoms with Gasteiger partial charge in [-0.2, -0.15) is 0 Å². The molecule has 0 N–H and O–H groups in total. The van der Waals surface area contributed by atoms with E-state index in [0.717, 1.165) is 5.56 Å². The van der Waals surface area contributed by atoms with Crippen LogP contribution >= 0.6 is 0 Å². The molecule has 0 amide bonds. The van der Waals surface area contributed by atoms with E-state index in [0.29, 0.717) is 23.7 Å². The Morgan fingerprint density at radius 1 is 1.04 bits per heavy atom. The van der Waals surface area contributed by atoms with E-state index in [-0.39, 0.29) is 11.6 Å². The summed E-state index contributed by atoms with van der Waals surface area (Å²) >= 11 is 0. The van der Waals surface area contributed by atoms with E-state index in [1.807, 2.05) is 20.8 Å². The number of benzene rings is 2. The number of ether oxygens (including phenoxy) is 2. The quantitative estimate of drug-likeness (QED) is 0.754. The van der Waals surface area contributed by atoms with Gasteiger partial charge >= 0.3 is 0 Å². The molecule has 0 aliphatic rings. The van der Waals surface area contributed by atoms with Crippen molar-refractivity contribution in [3.8, 4) is 11.5 Å². The number of carbonyl (C=O) groups excluding carboxylic acids is 1. The molecule has 0 aromatic heterocycles. The topological polar surface area (TPSA) is 35.5 Å². The lowest BCUT2D eigenvalue weighted by Crippen LogP contribution is -2.20. The lowest BCUT2D eigenvalue weighted by molar-refractivity contribution is 0.0858. The molecule has 0 spiro atoms. The van der Waals surface area contributed by atoms with Crippen LogP contribution in [0.3, 0.4) is 0 Å². The van der Waals surface area contributed by atoms with Gasteiger partial charge in [-0.1, -0.05) is 32.9 Å². The molecule has 0 atom stereocenters. The highest BCUT2D eigenvalue weighted by Gasteiger charge is 2.23. The van der Waals surface area contributed by atoms with Crippen molar-refractivity contribution in [2.75, 3.05) is 7.11 Å². The molecule has 0 saturated heterocycles. The van der Waals surface area contributed by atoms with Crippen molar-refractivity contribution in [2.45, 2.75) is 27.4 Å². The van der Waals surface area contributed by atoms with Crippen molar-refractivity contribution in [3.63, 3.8) is 0 Å². The standard InChI is InChI=1S/C19H21FO3/c1-19(2,3)18(21)14-7-10-16(17(11-14)22-4)23-12-13-5-8-15(20)9-6-13/h5-11H,12H2,1-4H3. The number of hydrogen-bond donors (Lipinski definition) is 0. The minimum absolute atomic E-state index is 0.0425. The van der Waals surface area contributed by atoms with Gasteiger partial charge < -0.3 is 9.47 Å². The van der Waals surface area contributed by atoms with Crippen LogP contribution in [0.1, 0.15) is 36.7 Å². The Morgan fingerprint density at radius 2 is 1.70 bits per heavy atom. The van der Waals surface area contributed by atoms with Gasteiger partial charge in [0.15, 0.2) is 17.3 Å². The summed E-state index contributed by atoms with van der Waals surface area (Å²) in [6, 6.07) is 11.3. The maximum Gasteiger partial charge on any atom is 0.168 e. The number of ketones is 1. The van der Waals surface area contributed by atoms with Crippen LogP contribution in [0.2, 0.25) is 0 Å². The van der Waals surface area contributed by atoms with Gasteiger partial charge in [-0.05, 0) is 35.9 Å². The molecule has 4 heteroatoms. The van der Waals surface area contributed by atoms with Crippen LogP contribution in [0.15, 0.2) is 42.5 Å². The maximum atomic E-state index is 12.9. The van der Waals surface area contributed by atoms with E-state index in [1.54, 1.807) is 30.3 Å². The summed E-state index contributed by atoms with van der Waals surface area (Å²) in [7, 11) is 1.53. The van der Waals surface area contributed by atoms with Crippen LogP contribution < -0.4 is 9.47 Å². The average molecular weight is 316 g/mol. The summed E-state index contributed by atoms with van der Waals surface area (Å²) in [5.41, 5.74) is 0.980. The molecule has 122 valence electrons. The number of carbonyl (C=O) groups is 1. The Hall–Kier alpha value is -2.36. The Labute approximate surface area is 136 Å². The Bertz CT molecular complexity index is 685. The first kappa shape index (κ1) is 17.0. The average Bonchev–Trinajstić information content (AvgIpc) is 2.52. The van der Waals surface area contributed by atoms with Crippen LogP contribution in [0, 0.1) is 11.2 Å². The normalized spacial score (nSPS) is 11.2. The van der Waals surface area contributed by atoms with Crippen molar-refractivity contribution in [1.29, 1.82) is 0 Å². The zero-order valence-corrected chi connectivity index (χ0v) is 13.9. The van der Waals surface area contributed by atoms with Crippen molar-refractivity contribution in [3.05, 3.63) is 59.4 Å². The summed E-state index contributed by atoms with van der Waals surface area (Å²) in [5, 5.41) is 0. The van der Waals surface area contributed by atoms with Crippen molar-refractivity contribution < 1.29 is 18.7 Å². The highest BCUT2D eigenvalue weighted by atomic mass is 19.1. The third-order valence-electron chi connectivity index (χ3n) is 3.41. The molecule has 0 fully saturated rings. The molecule has 0 aliphatic heterocycles. The van der Waals surface area contributed by atoms with Crippen LogP contribution in [0.4, 0.5) is 4.39 Å². The zero-order valence-electron chi connectivity index (χ0n) is 13.9. The molecule has 0 unspecified atom stereocenters. The van der Waals surface area contributed by atoms with Gasteiger partial charge in [0.1, 0.15) is 12.4 Å². The van der Waals surface area contributed by atoms with Gasteiger partial charge in [-0.25, -0.2) is 4.39 Å². The predicted octanol–water partition coefficient (Wildman–Crippen LogP) is 4.64. The highest BCUT2D eigenvalue weighted by molar-refractivity contribution is 6.00. The third kappa shape index (κ3) is 4.31. The molecule has 0 aliphatic carbocycles. The van der Waals surface area contributed by atoms with E-state index < -0.39 is 5.41 Å². The van der Waals surface area contributed by atoms with Crippen LogP contribution in [0.25, 0.3) is 0 Å². The molecular weight excluding hydrogens is 295 g/mol. The molecule has 0 heterocycles. The van der Waals surface area contributed by atoms with Gasteiger partial charge in [-0.15, -0.1) is 0 Å². The molecular formula is C19H21FO3. The smallest absolute Gasteiger partial charge is 0.168 e. The second-order valence-electron chi connectivity index (χ2n) is 6.36. The zero-order chi connectivity index (χ0) is 17.0. The van der Waals surface area contributed by atoms with E-state index in [2.05, 4.69) is 0 Å². The van der Waals surface area contributed by atoms with Crippen LogP contribution in [-0.2, 0) is 6.61 Å². The van der Waals surface area contributed by atoms with E-state index in [9.17, 15) is 9.18 Å². The molecule has 0 saturated carbocycles. The van der Waals surface area contributed by atoms with Gasteiger partial charge in [0, 0.05) is 11.0 Å². The van der Waals surface area contributed by atoms with Gasteiger partial charge in [0.25, 0.3) is 0 Å². The number of Topliss-reactive ketones (excluding diaryl/α,β-unsaturated/α-hetero) is 1. The van der Waals surface area contributed by atoms with Gasteiger partial charge in [0.2, 0.25) is 0 Å². The number of hydrogen-bond acceptors (Lipinski definition) is 3. The monoisotopic (exact) mass is 316 g/mol. The lowest BCUT2D eigenvalue weighted by atomic mass is 9.86. The molecule has 2 rings (SSSR count). The van der Waals surface area contributed by atoms with E-state index in [1.165, 1.54) is 19.2 Å². The fourth-order valence-corrected chi connectivity index (χ4v) is 2.10. The SMILES string of the molecule is COc1cc(C(=O)C(C)(C)C)ccc1OCc1ccc(F)cc1. The number of halogens is 1. The number of methoxy groups -OCH3 is 1. The molecule has 3 nitrogen and oxygen atoms in total. The molecule has 0 radical (unpaired) electrons. The molecule has 23 heavy (non-hydrogen) atoms. The minimum atomic E-state index is -0.457. The molecule has 2 aromatic carbocycles. The summed E-state index contributed by atoms with van der Waals surface area (Å²) < 4.78 is 23.9. The van der Waals surface area contributed by atoms with Gasteiger partial charge in [-0.3, -0.25) is 4.79 Å². The summed E-state index contributed by atoms with van der Waals surface area (Å²) in [6.45, 7) is 5.92. The van der Waals surface area contributed by atoms with Gasteiger partial charge in [0.05, 0.1) is 7.11 Å². The maximum absolute atomic E-state index is 12.9. The fraction of sp³-hybridized carbons (Fsp3) is 0.316. The summed E-state index contributed by atoms with van der Waals surface area (Å²) in [5.74, 6) is 0.807. The first-order chi connectivity index (χ1) is 10.8.